The third kappa shape index (κ3) is 2.91. The summed E-state index contributed by atoms with van der Waals surface area (Å²) >= 11 is 0. The Hall–Kier alpha value is -3.15. The summed E-state index contributed by atoms with van der Waals surface area (Å²) in [6.07, 6.45) is 5.12. The molecule has 0 saturated heterocycles. The Labute approximate surface area is 134 Å². The summed E-state index contributed by atoms with van der Waals surface area (Å²) in [4.78, 5) is 21.6. The lowest BCUT2D eigenvalue weighted by Gasteiger charge is -2.14. The third-order valence-corrected chi connectivity index (χ3v) is 3.63. The van der Waals surface area contributed by atoms with Crippen LogP contribution in [0, 0.1) is 0 Å². The van der Waals surface area contributed by atoms with Crippen molar-refractivity contribution in [3.05, 3.63) is 48.9 Å². The molecule has 0 unspecified atom stereocenters. The maximum absolute atomic E-state index is 11.1. The lowest BCUT2D eigenvalue weighted by molar-refractivity contribution is 0.259. The molecule has 2 aromatic heterocycles. The molecule has 0 spiro atoms. The van der Waals surface area contributed by atoms with Gasteiger partial charge < -0.3 is 10.6 Å². The Kier molecular flexibility index (Phi) is 3.80. The maximum atomic E-state index is 11.1. The number of fused-ring (bicyclic) bond motifs is 1. The fourth-order valence-corrected chi connectivity index (χ4v) is 2.47. The number of nitrogens with two attached hydrogens (primary N) is 1. The van der Waals surface area contributed by atoms with Crippen molar-refractivity contribution >= 4 is 28.3 Å². The molecule has 0 aliphatic rings. The number of primary amides is 1. The third-order valence-electron chi connectivity index (χ3n) is 3.63. The summed E-state index contributed by atoms with van der Waals surface area (Å²) < 4.78 is 0. The highest BCUT2D eigenvalue weighted by Gasteiger charge is 2.10. The Balaban J connectivity index is 2.13. The minimum absolute atomic E-state index is 0.411. The number of rotatable bonds is 3. The van der Waals surface area contributed by atoms with Crippen LogP contribution in [-0.4, -0.2) is 30.1 Å². The quantitative estimate of drug-likeness (QED) is 0.779. The van der Waals surface area contributed by atoms with Crippen molar-refractivity contribution in [1.82, 2.24) is 9.97 Å². The molecular formula is C17H17N5O. The second-order valence-corrected chi connectivity index (χ2v) is 5.37. The lowest BCUT2D eigenvalue weighted by Crippen LogP contribution is -2.20. The molecule has 3 N–H and O–H groups in total. The molecule has 0 fully saturated rings. The molecule has 2 amide bonds. The largest absolute Gasteiger partial charge is 0.378 e. The maximum Gasteiger partial charge on any atom is 0.317 e. The first-order chi connectivity index (χ1) is 11.1. The van der Waals surface area contributed by atoms with E-state index in [1.807, 2.05) is 37.2 Å². The van der Waals surface area contributed by atoms with Crippen LogP contribution in [0.5, 0.6) is 0 Å². The van der Waals surface area contributed by atoms with Gasteiger partial charge in [0.1, 0.15) is 5.82 Å². The number of hydrogen-bond donors (Lipinski definition) is 2. The number of carbonyl (C=O) groups excluding carboxylic acids is 1. The molecule has 0 aliphatic carbocycles. The monoisotopic (exact) mass is 307 g/mol. The summed E-state index contributed by atoms with van der Waals surface area (Å²) in [6.45, 7) is 0. The van der Waals surface area contributed by atoms with Gasteiger partial charge in [0.25, 0.3) is 0 Å². The SMILES string of the molecule is CN(C)c1ccc(-c2cnc(NC(N)=O)c3cnccc23)cc1. The lowest BCUT2D eigenvalue weighted by atomic mass is 10.0. The molecule has 0 atom stereocenters. The van der Waals surface area contributed by atoms with Crippen molar-refractivity contribution in [2.45, 2.75) is 0 Å². The molecule has 0 radical (unpaired) electrons. The minimum atomic E-state index is -0.647. The number of carbonyl (C=O) groups is 1. The molecule has 2 heterocycles. The van der Waals surface area contributed by atoms with E-state index >= 15 is 0 Å². The van der Waals surface area contributed by atoms with Gasteiger partial charge in [-0.05, 0) is 29.1 Å². The Morgan fingerprint density at radius 1 is 1.09 bits per heavy atom. The van der Waals surface area contributed by atoms with Gasteiger partial charge in [-0.25, -0.2) is 9.78 Å². The second-order valence-electron chi connectivity index (χ2n) is 5.37. The highest BCUT2D eigenvalue weighted by molar-refractivity contribution is 6.04. The summed E-state index contributed by atoms with van der Waals surface area (Å²) in [5, 5.41) is 4.24. The molecule has 3 aromatic rings. The van der Waals surface area contributed by atoms with Crippen LogP contribution in [-0.2, 0) is 0 Å². The summed E-state index contributed by atoms with van der Waals surface area (Å²) in [7, 11) is 4.00. The van der Waals surface area contributed by atoms with Crippen molar-refractivity contribution in [1.29, 1.82) is 0 Å². The molecular weight excluding hydrogens is 290 g/mol. The zero-order valence-electron chi connectivity index (χ0n) is 12.9. The van der Waals surface area contributed by atoms with Gasteiger partial charge in [0.2, 0.25) is 0 Å². The van der Waals surface area contributed by atoms with Crippen LogP contribution < -0.4 is 16.0 Å². The van der Waals surface area contributed by atoms with E-state index in [2.05, 4.69) is 27.4 Å². The standard InChI is InChI=1S/C17H17N5O/c1-22(2)12-5-3-11(4-6-12)14-10-20-16(21-17(18)23)15-9-19-8-7-13(14)15/h3-10H,1-2H3,(H3,18,20,21,23). The van der Waals surface area contributed by atoms with E-state index in [0.717, 1.165) is 27.6 Å². The highest BCUT2D eigenvalue weighted by atomic mass is 16.2. The first-order valence-electron chi connectivity index (χ1n) is 7.13. The molecule has 0 aliphatic heterocycles. The van der Waals surface area contributed by atoms with Crippen LogP contribution in [0.1, 0.15) is 0 Å². The predicted octanol–water partition coefficient (Wildman–Crippen LogP) is 2.85. The average molecular weight is 307 g/mol. The van der Waals surface area contributed by atoms with E-state index in [9.17, 15) is 4.79 Å². The van der Waals surface area contributed by atoms with Crippen LogP contribution >= 0.6 is 0 Å². The number of amides is 2. The summed E-state index contributed by atoms with van der Waals surface area (Å²) in [6, 6.07) is 9.46. The van der Waals surface area contributed by atoms with Gasteiger partial charge in [0.15, 0.2) is 0 Å². The second kappa shape index (κ2) is 5.92. The van der Waals surface area contributed by atoms with Gasteiger partial charge in [-0.3, -0.25) is 10.3 Å². The number of aromatic nitrogens is 2. The van der Waals surface area contributed by atoms with E-state index in [1.54, 1.807) is 18.6 Å². The summed E-state index contributed by atoms with van der Waals surface area (Å²) in [5.74, 6) is 0.411. The van der Waals surface area contributed by atoms with Crippen molar-refractivity contribution in [2.24, 2.45) is 5.73 Å². The number of hydrogen-bond acceptors (Lipinski definition) is 4. The summed E-state index contributed by atoms with van der Waals surface area (Å²) in [5.41, 5.74) is 8.34. The number of benzene rings is 1. The Bertz CT molecular complexity index is 858. The van der Waals surface area contributed by atoms with Crippen molar-refractivity contribution in [2.75, 3.05) is 24.3 Å². The van der Waals surface area contributed by atoms with E-state index < -0.39 is 6.03 Å². The zero-order chi connectivity index (χ0) is 16.4. The molecule has 23 heavy (non-hydrogen) atoms. The van der Waals surface area contributed by atoms with Gasteiger partial charge in [-0.1, -0.05) is 12.1 Å². The average Bonchev–Trinajstić information content (AvgIpc) is 2.55. The smallest absolute Gasteiger partial charge is 0.317 e. The van der Waals surface area contributed by atoms with E-state index in [0.29, 0.717) is 5.82 Å². The van der Waals surface area contributed by atoms with Gasteiger partial charge in [-0.15, -0.1) is 0 Å². The van der Waals surface area contributed by atoms with Crippen LogP contribution in [0.25, 0.3) is 21.9 Å². The molecule has 6 heteroatoms. The number of pyridine rings is 2. The van der Waals surface area contributed by atoms with Gasteiger partial charge >= 0.3 is 6.03 Å². The fraction of sp³-hybridized carbons (Fsp3) is 0.118. The highest BCUT2D eigenvalue weighted by Crippen LogP contribution is 2.31. The predicted molar refractivity (Wildman–Crippen MR) is 92.5 cm³/mol. The number of nitrogens with zero attached hydrogens (tertiary/aromatic N) is 3. The molecule has 6 nitrogen and oxygen atoms in total. The normalized spacial score (nSPS) is 10.5. The molecule has 0 bridgehead atoms. The fourth-order valence-electron chi connectivity index (χ4n) is 2.47. The molecule has 1 aromatic carbocycles. The van der Waals surface area contributed by atoms with Crippen molar-refractivity contribution in [3.63, 3.8) is 0 Å². The molecule has 3 rings (SSSR count). The number of nitrogens with one attached hydrogen (secondary N) is 1. The van der Waals surface area contributed by atoms with Crippen LogP contribution in [0.4, 0.5) is 16.3 Å². The molecule has 116 valence electrons. The van der Waals surface area contributed by atoms with Crippen LogP contribution in [0.2, 0.25) is 0 Å². The first kappa shape index (κ1) is 14.8. The minimum Gasteiger partial charge on any atom is -0.378 e. The van der Waals surface area contributed by atoms with Crippen molar-refractivity contribution in [3.8, 4) is 11.1 Å². The number of anilines is 2. The molecule has 0 saturated carbocycles. The zero-order valence-corrected chi connectivity index (χ0v) is 12.9. The van der Waals surface area contributed by atoms with Crippen LogP contribution in [0.15, 0.2) is 48.9 Å². The van der Waals surface area contributed by atoms with E-state index in [-0.39, 0.29) is 0 Å². The first-order valence-corrected chi connectivity index (χ1v) is 7.13. The van der Waals surface area contributed by atoms with E-state index in [1.165, 1.54) is 0 Å². The topological polar surface area (TPSA) is 84.1 Å². The van der Waals surface area contributed by atoms with Crippen LogP contribution in [0.3, 0.4) is 0 Å². The van der Waals surface area contributed by atoms with Gasteiger partial charge in [0, 0.05) is 49.3 Å². The Morgan fingerprint density at radius 3 is 2.48 bits per heavy atom. The van der Waals surface area contributed by atoms with Gasteiger partial charge in [0.05, 0.1) is 0 Å². The van der Waals surface area contributed by atoms with Crippen molar-refractivity contribution < 1.29 is 4.79 Å². The Morgan fingerprint density at radius 2 is 1.83 bits per heavy atom. The van der Waals surface area contributed by atoms with E-state index in [4.69, 9.17) is 5.73 Å². The number of urea groups is 1. The van der Waals surface area contributed by atoms with Gasteiger partial charge in [-0.2, -0.15) is 0 Å².